The van der Waals surface area contributed by atoms with Gasteiger partial charge >= 0.3 is 0 Å². The molecule has 0 fully saturated rings. The van der Waals surface area contributed by atoms with Gasteiger partial charge in [0.25, 0.3) is 0 Å². The quantitative estimate of drug-likeness (QED) is 0.344. The molecule has 4 aromatic rings. The first-order valence-electron chi connectivity index (χ1n) is 9.96. The van der Waals surface area contributed by atoms with E-state index in [0.29, 0.717) is 0 Å². The first-order chi connectivity index (χ1) is 13.6. The molecule has 1 aliphatic rings. The first kappa shape index (κ1) is 17.0. The van der Waals surface area contributed by atoms with Crippen LogP contribution < -0.4 is 0 Å². The Kier molecular flexibility index (Phi) is 3.77. The largest absolute Gasteiger partial charge is 0.0622 e. The lowest BCUT2D eigenvalue weighted by Gasteiger charge is -2.22. The topological polar surface area (TPSA) is 0 Å². The Bertz CT molecular complexity index is 1180. The standard InChI is InChI=1S/C28H24/c1-19-13-14-21(17-25(19)20-9-5-4-6-10-20)22-15-16-24-23-11-7-8-12-26(23)28(2,3)27(24)18-22/h4-18H,1-3H3. The molecule has 0 unspecified atom stereocenters. The summed E-state index contributed by atoms with van der Waals surface area (Å²) >= 11 is 0. The van der Waals surface area contributed by atoms with Gasteiger partial charge in [-0.25, -0.2) is 0 Å². The van der Waals surface area contributed by atoms with Gasteiger partial charge in [0.15, 0.2) is 0 Å². The van der Waals surface area contributed by atoms with Crippen LogP contribution in [0.1, 0.15) is 30.5 Å². The molecule has 0 aliphatic heterocycles. The number of fused-ring (bicyclic) bond motifs is 3. The molecule has 0 aromatic heterocycles. The zero-order chi connectivity index (χ0) is 19.3. The van der Waals surface area contributed by atoms with E-state index in [2.05, 4.69) is 112 Å². The van der Waals surface area contributed by atoms with Crippen LogP contribution in [0.5, 0.6) is 0 Å². The summed E-state index contributed by atoms with van der Waals surface area (Å²) in [4.78, 5) is 0. The molecule has 28 heavy (non-hydrogen) atoms. The zero-order valence-corrected chi connectivity index (χ0v) is 16.7. The predicted molar refractivity (Wildman–Crippen MR) is 120 cm³/mol. The summed E-state index contributed by atoms with van der Waals surface area (Å²) in [5, 5.41) is 0. The maximum atomic E-state index is 2.40. The molecule has 0 spiro atoms. The van der Waals surface area contributed by atoms with Gasteiger partial charge in [0, 0.05) is 5.41 Å². The zero-order valence-electron chi connectivity index (χ0n) is 16.7. The van der Waals surface area contributed by atoms with Gasteiger partial charge in [0.1, 0.15) is 0 Å². The van der Waals surface area contributed by atoms with Crippen molar-refractivity contribution in [1.29, 1.82) is 0 Å². The van der Waals surface area contributed by atoms with Gasteiger partial charge in [-0.2, -0.15) is 0 Å². The lowest BCUT2D eigenvalue weighted by atomic mass is 9.81. The van der Waals surface area contributed by atoms with Crippen molar-refractivity contribution < 1.29 is 0 Å². The smallest absolute Gasteiger partial charge is 0.0159 e. The Balaban J connectivity index is 1.65. The fourth-order valence-corrected chi connectivity index (χ4v) is 4.61. The molecule has 0 saturated carbocycles. The third-order valence-corrected chi connectivity index (χ3v) is 6.24. The monoisotopic (exact) mass is 360 g/mol. The van der Waals surface area contributed by atoms with Gasteiger partial charge in [0.2, 0.25) is 0 Å². The Labute approximate surface area is 167 Å². The number of rotatable bonds is 2. The van der Waals surface area contributed by atoms with Crippen molar-refractivity contribution in [3.05, 3.63) is 108 Å². The Hall–Kier alpha value is -3.12. The molecule has 1 aliphatic carbocycles. The minimum Gasteiger partial charge on any atom is -0.0622 e. The maximum Gasteiger partial charge on any atom is 0.0159 e. The summed E-state index contributed by atoms with van der Waals surface area (Å²) in [6.45, 7) is 6.87. The van der Waals surface area contributed by atoms with Gasteiger partial charge in [-0.15, -0.1) is 0 Å². The second kappa shape index (κ2) is 6.21. The van der Waals surface area contributed by atoms with Crippen molar-refractivity contribution in [2.45, 2.75) is 26.2 Å². The molecule has 136 valence electrons. The van der Waals surface area contributed by atoms with Gasteiger partial charge in [-0.3, -0.25) is 0 Å². The van der Waals surface area contributed by atoms with Crippen molar-refractivity contribution in [1.82, 2.24) is 0 Å². The van der Waals surface area contributed by atoms with E-state index in [1.807, 2.05) is 0 Å². The molecule has 5 rings (SSSR count). The van der Waals surface area contributed by atoms with Crippen LogP contribution in [-0.2, 0) is 5.41 Å². The summed E-state index contributed by atoms with van der Waals surface area (Å²) in [5.41, 5.74) is 12.1. The second-order valence-corrected chi connectivity index (χ2v) is 8.33. The van der Waals surface area contributed by atoms with E-state index in [1.165, 1.54) is 50.1 Å². The van der Waals surface area contributed by atoms with Crippen LogP contribution in [-0.4, -0.2) is 0 Å². The highest BCUT2D eigenvalue weighted by Crippen LogP contribution is 2.49. The molecular formula is C28H24. The Morgan fingerprint density at radius 3 is 1.96 bits per heavy atom. The van der Waals surface area contributed by atoms with Crippen molar-refractivity contribution in [3.8, 4) is 33.4 Å². The van der Waals surface area contributed by atoms with E-state index >= 15 is 0 Å². The third kappa shape index (κ3) is 2.52. The first-order valence-corrected chi connectivity index (χ1v) is 9.96. The van der Waals surface area contributed by atoms with Crippen LogP contribution in [0.3, 0.4) is 0 Å². The van der Waals surface area contributed by atoms with E-state index in [0.717, 1.165) is 0 Å². The normalized spacial score (nSPS) is 13.8. The third-order valence-electron chi connectivity index (χ3n) is 6.24. The van der Waals surface area contributed by atoms with E-state index in [9.17, 15) is 0 Å². The molecule has 0 bridgehead atoms. The van der Waals surface area contributed by atoms with E-state index < -0.39 is 0 Å². The molecule has 4 aromatic carbocycles. The molecule has 0 amide bonds. The molecule has 0 nitrogen and oxygen atoms in total. The van der Waals surface area contributed by atoms with Crippen molar-refractivity contribution in [2.75, 3.05) is 0 Å². The molecule has 0 atom stereocenters. The average Bonchev–Trinajstić information content (AvgIpc) is 2.96. The van der Waals surface area contributed by atoms with Crippen LogP contribution in [0.15, 0.2) is 91.0 Å². The summed E-state index contributed by atoms with van der Waals surface area (Å²) in [6, 6.07) is 33.3. The Morgan fingerprint density at radius 2 is 1.14 bits per heavy atom. The number of benzene rings is 4. The number of aryl methyl sites for hydroxylation is 1. The summed E-state index contributed by atoms with van der Waals surface area (Å²) < 4.78 is 0. The van der Waals surface area contributed by atoms with E-state index in [-0.39, 0.29) is 5.41 Å². The van der Waals surface area contributed by atoms with Crippen LogP contribution in [0.25, 0.3) is 33.4 Å². The molecule has 0 heterocycles. The molecule has 0 N–H and O–H groups in total. The lowest BCUT2D eigenvalue weighted by Crippen LogP contribution is -2.14. The summed E-state index contributed by atoms with van der Waals surface area (Å²) in [5.74, 6) is 0. The fraction of sp³-hybridized carbons (Fsp3) is 0.143. The van der Waals surface area contributed by atoms with Gasteiger partial charge in [-0.05, 0) is 69.1 Å². The van der Waals surface area contributed by atoms with Crippen LogP contribution in [0.4, 0.5) is 0 Å². The van der Waals surface area contributed by atoms with Crippen molar-refractivity contribution in [2.24, 2.45) is 0 Å². The van der Waals surface area contributed by atoms with Crippen molar-refractivity contribution in [3.63, 3.8) is 0 Å². The number of hydrogen-bond acceptors (Lipinski definition) is 0. The van der Waals surface area contributed by atoms with Crippen LogP contribution >= 0.6 is 0 Å². The predicted octanol–water partition coefficient (Wildman–Crippen LogP) is 7.64. The second-order valence-electron chi connectivity index (χ2n) is 8.33. The molecular weight excluding hydrogens is 336 g/mol. The van der Waals surface area contributed by atoms with E-state index in [4.69, 9.17) is 0 Å². The fourth-order valence-electron chi connectivity index (χ4n) is 4.61. The number of hydrogen-bond donors (Lipinski definition) is 0. The van der Waals surface area contributed by atoms with E-state index in [1.54, 1.807) is 0 Å². The Morgan fingerprint density at radius 1 is 0.500 bits per heavy atom. The summed E-state index contributed by atoms with van der Waals surface area (Å²) in [6.07, 6.45) is 0. The maximum absolute atomic E-state index is 2.40. The highest BCUT2D eigenvalue weighted by Gasteiger charge is 2.35. The summed E-state index contributed by atoms with van der Waals surface area (Å²) in [7, 11) is 0. The highest BCUT2D eigenvalue weighted by molar-refractivity contribution is 5.84. The van der Waals surface area contributed by atoms with Gasteiger partial charge in [-0.1, -0.05) is 92.7 Å². The van der Waals surface area contributed by atoms with Crippen LogP contribution in [0.2, 0.25) is 0 Å². The van der Waals surface area contributed by atoms with Gasteiger partial charge < -0.3 is 0 Å². The van der Waals surface area contributed by atoms with Gasteiger partial charge in [0.05, 0.1) is 0 Å². The lowest BCUT2D eigenvalue weighted by molar-refractivity contribution is 0.660. The molecule has 0 radical (unpaired) electrons. The molecule has 0 heteroatoms. The highest BCUT2D eigenvalue weighted by atomic mass is 14.4. The SMILES string of the molecule is Cc1ccc(-c2ccc3c(c2)C(C)(C)c2ccccc2-3)cc1-c1ccccc1. The van der Waals surface area contributed by atoms with Crippen molar-refractivity contribution >= 4 is 0 Å². The average molecular weight is 361 g/mol. The minimum atomic E-state index is 0.0366. The minimum absolute atomic E-state index is 0.0366. The van der Waals surface area contributed by atoms with Crippen LogP contribution in [0, 0.1) is 6.92 Å². The molecule has 0 saturated heterocycles.